The summed E-state index contributed by atoms with van der Waals surface area (Å²) < 4.78 is 0. The van der Waals surface area contributed by atoms with Crippen molar-refractivity contribution in [1.82, 2.24) is 25.6 Å². The number of carbonyl (C=O) groups excluding carboxylic acids is 1. The van der Waals surface area contributed by atoms with E-state index in [2.05, 4.69) is 50.0 Å². The van der Waals surface area contributed by atoms with Crippen LogP contribution in [0.2, 0.25) is 0 Å². The molecule has 0 radical (unpaired) electrons. The summed E-state index contributed by atoms with van der Waals surface area (Å²) >= 11 is 0. The first-order valence-electron chi connectivity index (χ1n) is 11.5. The second-order valence-electron chi connectivity index (χ2n) is 8.17. The van der Waals surface area contributed by atoms with Gasteiger partial charge in [0.2, 0.25) is 0 Å². The smallest absolute Gasteiger partial charge is 0.304 e. The van der Waals surface area contributed by atoms with Gasteiger partial charge in [-0.15, -0.1) is 0 Å². The SMILES string of the molecule is CC(Nc1ncnc2[nH]c(-c3ccc(C(=O)NCCNCCC(=O)O)cc3)cc12)c1ccccc1. The molecule has 0 bridgehead atoms. The summed E-state index contributed by atoms with van der Waals surface area (Å²) in [7, 11) is 0. The summed E-state index contributed by atoms with van der Waals surface area (Å²) in [5, 5.41) is 18.8. The van der Waals surface area contributed by atoms with E-state index in [9.17, 15) is 9.59 Å². The number of hydrogen-bond acceptors (Lipinski definition) is 6. The van der Waals surface area contributed by atoms with Gasteiger partial charge in [-0.05, 0) is 36.2 Å². The van der Waals surface area contributed by atoms with Gasteiger partial charge in [-0.1, -0.05) is 42.5 Å². The largest absolute Gasteiger partial charge is 0.481 e. The fourth-order valence-corrected chi connectivity index (χ4v) is 3.73. The zero-order valence-electron chi connectivity index (χ0n) is 19.4. The molecule has 0 saturated carbocycles. The summed E-state index contributed by atoms with van der Waals surface area (Å²) in [6.07, 6.45) is 1.59. The van der Waals surface area contributed by atoms with Crippen LogP contribution in [-0.2, 0) is 4.79 Å². The third kappa shape index (κ3) is 6.21. The molecule has 35 heavy (non-hydrogen) atoms. The first kappa shape index (κ1) is 23.9. The molecular weight excluding hydrogens is 444 g/mol. The Bertz CT molecular complexity index is 1290. The van der Waals surface area contributed by atoms with Gasteiger partial charge in [0, 0.05) is 36.9 Å². The maximum atomic E-state index is 12.4. The molecule has 4 rings (SSSR count). The van der Waals surface area contributed by atoms with E-state index in [1.54, 1.807) is 12.1 Å². The molecule has 0 spiro atoms. The number of nitrogens with zero attached hydrogens (tertiary/aromatic N) is 2. The normalized spacial score (nSPS) is 11.8. The summed E-state index contributed by atoms with van der Waals surface area (Å²) in [5.74, 6) is -0.278. The zero-order valence-corrected chi connectivity index (χ0v) is 19.4. The Morgan fingerprint density at radius 2 is 1.77 bits per heavy atom. The number of aromatic nitrogens is 3. The van der Waals surface area contributed by atoms with E-state index in [0.29, 0.717) is 25.2 Å². The standard InChI is InChI=1S/C26H28N6O3/c1-17(18-5-3-2-4-6-18)31-24-21-15-22(32-25(21)30-16-29-24)19-7-9-20(10-8-19)26(35)28-14-13-27-12-11-23(33)34/h2-10,15-17,27H,11-14H2,1H3,(H,28,35)(H,33,34)(H2,29,30,31,32). The quantitative estimate of drug-likeness (QED) is 0.211. The molecule has 2 aromatic heterocycles. The molecule has 2 heterocycles. The number of nitrogens with one attached hydrogen (secondary N) is 4. The lowest BCUT2D eigenvalue weighted by Gasteiger charge is -2.15. The number of anilines is 1. The fraction of sp³-hybridized carbons (Fsp3) is 0.231. The van der Waals surface area contributed by atoms with Crippen molar-refractivity contribution < 1.29 is 14.7 Å². The Balaban J connectivity index is 1.40. The first-order chi connectivity index (χ1) is 17.0. The molecule has 5 N–H and O–H groups in total. The Hall–Kier alpha value is -4.24. The number of aliphatic carboxylic acids is 1. The lowest BCUT2D eigenvalue weighted by atomic mass is 10.1. The van der Waals surface area contributed by atoms with Crippen LogP contribution in [0.15, 0.2) is 67.0 Å². The monoisotopic (exact) mass is 472 g/mol. The minimum atomic E-state index is -0.849. The van der Waals surface area contributed by atoms with Crippen LogP contribution in [0.5, 0.6) is 0 Å². The van der Waals surface area contributed by atoms with Crippen LogP contribution in [0, 0.1) is 0 Å². The van der Waals surface area contributed by atoms with Gasteiger partial charge in [-0.2, -0.15) is 0 Å². The second-order valence-corrected chi connectivity index (χ2v) is 8.17. The maximum Gasteiger partial charge on any atom is 0.304 e. The highest BCUT2D eigenvalue weighted by molar-refractivity contribution is 5.95. The molecule has 4 aromatic rings. The van der Waals surface area contributed by atoms with Gasteiger partial charge >= 0.3 is 5.97 Å². The Labute approximate surface area is 203 Å². The minimum absolute atomic E-state index is 0.0539. The van der Waals surface area contributed by atoms with Crippen LogP contribution in [0.4, 0.5) is 5.82 Å². The summed E-state index contributed by atoms with van der Waals surface area (Å²) in [6.45, 7) is 3.38. The van der Waals surface area contributed by atoms with Crippen LogP contribution in [0.1, 0.15) is 35.3 Å². The van der Waals surface area contributed by atoms with E-state index >= 15 is 0 Å². The van der Waals surface area contributed by atoms with Crippen LogP contribution in [0.3, 0.4) is 0 Å². The number of carboxylic acids is 1. The molecule has 2 aromatic carbocycles. The Morgan fingerprint density at radius 1 is 1.00 bits per heavy atom. The summed E-state index contributed by atoms with van der Waals surface area (Å²) in [4.78, 5) is 35.0. The van der Waals surface area contributed by atoms with Gasteiger partial charge in [0.05, 0.1) is 11.8 Å². The lowest BCUT2D eigenvalue weighted by molar-refractivity contribution is -0.136. The first-order valence-corrected chi connectivity index (χ1v) is 11.5. The van der Waals surface area contributed by atoms with E-state index in [-0.39, 0.29) is 18.4 Å². The third-order valence-electron chi connectivity index (χ3n) is 5.64. The van der Waals surface area contributed by atoms with Gasteiger partial charge in [-0.25, -0.2) is 9.97 Å². The van der Waals surface area contributed by atoms with Crippen molar-refractivity contribution in [2.45, 2.75) is 19.4 Å². The molecular formula is C26H28N6O3. The Kier molecular flexibility index (Phi) is 7.69. The fourth-order valence-electron chi connectivity index (χ4n) is 3.73. The van der Waals surface area contributed by atoms with E-state index in [1.807, 2.05) is 36.4 Å². The number of fused-ring (bicyclic) bond motifs is 1. The summed E-state index contributed by atoms with van der Waals surface area (Å²) in [6, 6.07) is 19.6. The van der Waals surface area contributed by atoms with Crippen LogP contribution in [-0.4, -0.2) is 51.6 Å². The van der Waals surface area contributed by atoms with Crippen molar-refractivity contribution >= 4 is 28.7 Å². The molecule has 1 unspecified atom stereocenters. The van der Waals surface area contributed by atoms with E-state index in [4.69, 9.17) is 5.11 Å². The third-order valence-corrected chi connectivity index (χ3v) is 5.64. The van der Waals surface area contributed by atoms with E-state index in [0.717, 1.165) is 28.1 Å². The van der Waals surface area contributed by atoms with Gasteiger partial charge in [0.15, 0.2) is 0 Å². The molecule has 1 amide bonds. The minimum Gasteiger partial charge on any atom is -0.481 e. The number of rotatable bonds is 11. The highest BCUT2D eigenvalue weighted by Crippen LogP contribution is 2.29. The molecule has 0 aliphatic carbocycles. The topological polar surface area (TPSA) is 132 Å². The van der Waals surface area contributed by atoms with Crippen molar-refractivity contribution in [3.05, 3.63) is 78.1 Å². The van der Waals surface area contributed by atoms with Crippen molar-refractivity contribution in [2.24, 2.45) is 0 Å². The molecule has 9 heteroatoms. The van der Waals surface area contributed by atoms with Crippen LogP contribution >= 0.6 is 0 Å². The predicted octanol–water partition coefficient (Wildman–Crippen LogP) is 3.59. The number of carboxylic acid groups (broad SMARTS) is 1. The van der Waals surface area contributed by atoms with Crippen LogP contribution in [0.25, 0.3) is 22.3 Å². The molecule has 0 aliphatic heterocycles. The Morgan fingerprint density at radius 3 is 2.51 bits per heavy atom. The van der Waals surface area contributed by atoms with Gasteiger partial charge in [0.25, 0.3) is 5.91 Å². The van der Waals surface area contributed by atoms with Gasteiger partial charge in [-0.3, -0.25) is 9.59 Å². The number of benzene rings is 2. The predicted molar refractivity (Wildman–Crippen MR) is 135 cm³/mol. The number of H-pyrrole nitrogens is 1. The van der Waals surface area contributed by atoms with E-state index in [1.165, 1.54) is 11.9 Å². The highest BCUT2D eigenvalue weighted by Gasteiger charge is 2.13. The summed E-state index contributed by atoms with van der Waals surface area (Å²) in [5.41, 5.74) is 4.26. The second kappa shape index (κ2) is 11.3. The number of amides is 1. The zero-order chi connectivity index (χ0) is 24.6. The molecule has 9 nitrogen and oxygen atoms in total. The number of hydrogen-bond donors (Lipinski definition) is 5. The highest BCUT2D eigenvalue weighted by atomic mass is 16.4. The molecule has 0 aliphatic rings. The molecule has 1 atom stereocenters. The van der Waals surface area contributed by atoms with Crippen molar-refractivity contribution in [3.63, 3.8) is 0 Å². The average molecular weight is 473 g/mol. The molecule has 0 fully saturated rings. The molecule has 0 saturated heterocycles. The lowest BCUT2D eigenvalue weighted by Crippen LogP contribution is -2.32. The number of carbonyl (C=O) groups is 2. The van der Waals surface area contributed by atoms with Crippen molar-refractivity contribution in [3.8, 4) is 11.3 Å². The van der Waals surface area contributed by atoms with E-state index < -0.39 is 5.97 Å². The number of aromatic amines is 1. The van der Waals surface area contributed by atoms with Crippen molar-refractivity contribution in [2.75, 3.05) is 25.0 Å². The van der Waals surface area contributed by atoms with Gasteiger partial charge < -0.3 is 26.0 Å². The maximum absolute atomic E-state index is 12.4. The molecule has 180 valence electrons. The van der Waals surface area contributed by atoms with Crippen molar-refractivity contribution in [1.29, 1.82) is 0 Å². The van der Waals surface area contributed by atoms with Crippen LogP contribution < -0.4 is 16.0 Å². The average Bonchev–Trinajstić information content (AvgIpc) is 3.32. The van der Waals surface area contributed by atoms with Gasteiger partial charge in [0.1, 0.15) is 17.8 Å².